The minimum atomic E-state index is -3.69. The molecule has 41 heavy (non-hydrogen) atoms. The number of hydrogen-bond donors (Lipinski definition) is 3. The molecule has 0 bridgehead atoms. The molecule has 218 valence electrons. The first kappa shape index (κ1) is 30.0. The number of halogens is 1. The standard InChI is InChI=1S/C27H32ClN7O5S/c1-18(2)40-26-33-24(29)23-25(34-26)35(17-31-23)13-3-4-14-39-27(36)30-15-19-7-11-22(12-8-19)41(37,38)32-16-20-5-9-21(28)10-6-20/h5-12,17-18,32H,3-4,13-16H2,1-2H3,(H,30,36)(H2,29,33,34). The van der Waals surface area contributed by atoms with Crippen molar-refractivity contribution in [2.24, 2.45) is 0 Å². The fraction of sp³-hybridized carbons (Fsp3) is 0.333. The number of nitrogen functional groups attached to an aromatic ring is 1. The number of alkyl carbamates (subject to hydrolysis) is 1. The third-order valence-corrected chi connectivity index (χ3v) is 7.56. The first-order valence-electron chi connectivity index (χ1n) is 13.0. The number of imidazole rings is 1. The minimum absolute atomic E-state index is 0.0874. The second kappa shape index (κ2) is 13.6. The molecule has 0 aliphatic carbocycles. The number of benzene rings is 2. The maximum absolute atomic E-state index is 12.6. The van der Waals surface area contributed by atoms with E-state index < -0.39 is 16.1 Å². The molecular formula is C27H32ClN7O5S. The Kier molecular flexibility index (Phi) is 9.97. The van der Waals surface area contributed by atoms with E-state index in [4.69, 9.17) is 26.8 Å². The van der Waals surface area contributed by atoms with Crippen LogP contribution in [0.15, 0.2) is 59.8 Å². The quantitative estimate of drug-likeness (QED) is 0.192. The molecule has 0 fully saturated rings. The van der Waals surface area contributed by atoms with Crippen LogP contribution in [-0.2, 0) is 34.4 Å². The Balaban J connectivity index is 1.17. The number of unbranched alkanes of at least 4 members (excludes halogenated alkanes) is 1. The van der Waals surface area contributed by atoms with Crippen molar-refractivity contribution in [3.8, 4) is 6.01 Å². The van der Waals surface area contributed by atoms with Crippen LogP contribution in [0.25, 0.3) is 11.2 Å². The van der Waals surface area contributed by atoms with Gasteiger partial charge in [0, 0.05) is 24.7 Å². The number of nitrogens with one attached hydrogen (secondary N) is 2. The molecule has 2 aromatic heterocycles. The van der Waals surface area contributed by atoms with Gasteiger partial charge in [-0.1, -0.05) is 35.9 Å². The van der Waals surface area contributed by atoms with Gasteiger partial charge in [-0.15, -0.1) is 0 Å². The van der Waals surface area contributed by atoms with Crippen molar-refractivity contribution in [1.82, 2.24) is 29.6 Å². The fourth-order valence-corrected chi connectivity index (χ4v) is 4.94. The summed E-state index contributed by atoms with van der Waals surface area (Å²) in [4.78, 5) is 25.1. The van der Waals surface area contributed by atoms with Gasteiger partial charge in [0.15, 0.2) is 11.5 Å². The van der Waals surface area contributed by atoms with Crippen LogP contribution in [0.4, 0.5) is 10.6 Å². The van der Waals surface area contributed by atoms with Crippen molar-refractivity contribution in [3.05, 3.63) is 71.0 Å². The lowest BCUT2D eigenvalue weighted by Gasteiger charge is -2.10. The Morgan fingerprint density at radius 1 is 1.02 bits per heavy atom. The van der Waals surface area contributed by atoms with Gasteiger partial charge in [0.25, 0.3) is 0 Å². The maximum atomic E-state index is 12.6. The number of nitrogens with two attached hydrogens (primary N) is 1. The molecule has 12 nitrogen and oxygen atoms in total. The van der Waals surface area contributed by atoms with Crippen molar-refractivity contribution in [1.29, 1.82) is 0 Å². The SMILES string of the molecule is CC(C)Oc1nc(N)c2ncn(CCCCOC(=O)NCc3ccc(S(=O)(=O)NCc4ccc(Cl)cc4)cc3)c2n1. The van der Waals surface area contributed by atoms with Gasteiger partial charge < -0.3 is 25.1 Å². The van der Waals surface area contributed by atoms with Crippen LogP contribution in [0.1, 0.15) is 37.8 Å². The lowest BCUT2D eigenvalue weighted by atomic mass is 10.2. The first-order chi connectivity index (χ1) is 19.6. The summed E-state index contributed by atoms with van der Waals surface area (Å²) < 4.78 is 40.4. The van der Waals surface area contributed by atoms with Crippen molar-refractivity contribution in [3.63, 3.8) is 0 Å². The van der Waals surface area contributed by atoms with E-state index in [9.17, 15) is 13.2 Å². The number of aromatic nitrogens is 4. The van der Waals surface area contributed by atoms with E-state index in [-0.39, 0.29) is 42.5 Å². The lowest BCUT2D eigenvalue weighted by Crippen LogP contribution is -2.25. The Labute approximate surface area is 243 Å². The summed E-state index contributed by atoms with van der Waals surface area (Å²) in [6.07, 6.45) is 2.34. The number of carbonyl (C=O) groups is 1. The number of amides is 1. The summed E-state index contributed by atoms with van der Waals surface area (Å²) in [5.41, 5.74) is 8.60. The Morgan fingerprint density at radius 2 is 1.71 bits per heavy atom. The molecular weight excluding hydrogens is 570 g/mol. The average molecular weight is 602 g/mol. The minimum Gasteiger partial charge on any atom is -0.461 e. The highest BCUT2D eigenvalue weighted by molar-refractivity contribution is 7.89. The Bertz CT molecular complexity index is 1580. The zero-order valence-electron chi connectivity index (χ0n) is 22.7. The normalized spacial score (nSPS) is 11.6. The van der Waals surface area contributed by atoms with Gasteiger partial charge in [0.1, 0.15) is 5.52 Å². The van der Waals surface area contributed by atoms with Crippen LogP contribution in [0, 0.1) is 0 Å². The second-order valence-corrected chi connectivity index (χ2v) is 11.7. The highest BCUT2D eigenvalue weighted by Crippen LogP contribution is 2.20. The summed E-state index contributed by atoms with van der Waals surface area (Å²) in [7, 11) is -3.69. The van der Waals surface area contributed by atoms with Gasteiger partial charge in [0.2, 0.25) is 10.0 Å². The summed E-state index contributed by atoms with van der Waals surface area (Å²) in [5.74, 6) is 0.256. The molecule has 0 aliphatic heterocycles. The topological polar surface area (TPSA) is 163 Å². The van der Waals surface area contributed by atoms with Crippen molar-refractivity contribution >= 4 is 44.7 Å². The lowest BCUT2D eigenvalue weighted by molar-refractivity contribution is 0.143. The maximum Gasteiger partial charge on any atom is 0.407 e. The van der Waals surface area contributed by atoms with Crippen LogP contribution in [0.2, 0.25) is 5.02 Å². The third kappa shape index (κ3) is 8.52. The fourth-order valence-electron chi connectivity index (χ4n) is 3.80. The third-order valence-electron chi connectivity index (χ3n) is 5.89. The van der Waals surface area contributed by atoms with Gasteiger partial charge in [-0.2, -0.15) is 9.97 Å². The molecule has 4 rings (SSSR count). The van der Waals surface area contributed by atoms with Crippen LogP contribution in [-0.4, -0.2) is 46.7 Å². The number of nitrogens with zero attached hydrogens (tertiary/aromatic N) is 4. The first-order valence-corrected chi connectivity index (χ1v) is 14.9. The van der Waals surface area contributed by atoms with Crippen LogP contribution >= 0.6 is 11.6 Å². The molecule has 0 saturated carbocycles. The number of rotatable bonds is 13. The van der Waals surface area contributed by atoms with Crippen LogP contribution in [0.3, 0.4) is 0 Å². The van der Waals surface area contributed by atoms with Crippen molar-refractivity contribution in [2.45, 2.75) is 57.3 Å². The average Bonchev–Trinajstić information content (AvgIpc) is 3.34. The van der Waals surface area contributed by atoms with E-state index in [0.717, 1.165) is 11.1 Å². The van der Waals surface area contributed by atoms with Crippen LogP contribution in [0.5, 0.6) is 6.01 Å². The molecule has 0 radical (unpaired) electrons. The van der Waals surface area contributed by atoms with Gasteiger partial charge >= 0.3 is 12.1 Å². The number of ether oxygens (including phenoxy) is 2. The zero-order chi connectivity index (χ0) is 29.4. The van der Waals surface area contributed by atoms with E-state index in [0.29, 0.717) is 35.6 Å². The second-order valence-electron chi connectivity index (χ2n) is 9.46. The summed E-state index contributed by atoms with van der Waals surface area (Å²) in [6.45, 7) is 4.93. The molecule has 1 amide bonds. The molecule has 0 aliphatic rings. The van der Waals surface area contributed by atoms with Gasteiger partial charge in [-0.3, -0.25) is 0 Å². The number of fused-ring (bicyclic) bond motifs is 1. The Morgan fingerprint density at radius 3 is 2.41 bits per heavy atom. The van der Waals surface area contributed by atoms with E-state index in [1.54, 1.807) is 42.7 Å². The molecule has 4 aromatic rings. The van der Waals surface area contributed by atoms with Crippen LogP contribution < -0.4 is 20.5 Å². The number of hydrogen-bond acceptors (Lipinski definition) is 9. The summed E-state index contributed by atoms with van der Waals surface area (Å²) in [5, 5.41) is 3.25. The number of aryl methyl sites for hydroxylation is 1. The predicted octanol–water partition coefficient (Wildman–Crippen LogP) is 4.03. The monoisotopic (exact) mass is 601 g/mol. The van der Waals surface area contributed by atoms with Gasteiger partial charge in [-0.25, -0.2) is 22.9 Å². The molecule has 4 N–H and O–H groups in total. The van der Waals surface area contributed by atoms with Crippen molar-refractivity contribution in [2.75, 3.05) is 12.3 Å². The molecule has 0 atom stereocenters. The van der Waals surface area contributed by atoms with Gasteiger partial charge in [0.05, 0.1) is 23.9 Å². The smallest absolute Gasteiger partial charge is 0.407 e. The number of sulfonamides is 1. The highest BCUT2D eigenvalue weighted by Gasteiger charge is 2.15. The summed E-state index contributed by atoms with van der Waals surface area (Å²) in [6, 6.07) is 13.4. The highest BCUT2D eigenvalue weighted by atomic mass is 35.5. The largest absolute Gasteiger partial charge is 0.461 e. The molecule has 14 heteroatoms. The van der Waals surface area contributed by atoms with Gasteiger partial charge in [-0.05, 0) is 62.1 Å². The molecule has 2 heterocycles. The van der Waals surface area contributed by atoms with E-state index in [2.05, 4.69) is 25.0 Å². The zero-order valence-corrected chi connectivity index (χ0v) is 24.3. The Hall–Kier alpha value is -3.94. The molecule has 0 unspecified atom stereocenters. The van der Waals surface area contributed by atoms with E-state index in [1.165, 1.54) is 12.1 Å². The number of carbonyl (C=O) groups excluding carboxylic acids is 1. The summed E-state index contributed by atoms with van der Waals surface area (Å²) >= 11 is 5.86. The number of anilines is 1. The predicted molar refractivity (Wildman–Crippen MR) is 155 cm³/mol. The molecule has 2 aromatic carbocycles. The van der Waals surface area contributed by atoms with E-state index >= 15 is 0 Å². The molecule has 0 spiro atoms. The van der Waals surface area contributed by atoms with E-state index in [1.807, 2.05) is 18.4 Å². The molecule has 0 saturated heterocycles. The van der Waals surface area contributed by atoms with Crippen molar-refractivity contribution < 1.29 is 22.7 Å².